The molecule has 0 aliphatic carbocycles. The van der Waals surface area contributed by atoms with E-state index < -0.39 is 0 Å². The lowest BCUT2D eigenvalue weighted by molar-refractivity contribution is 0.834. The molecule has 1 aliphatic heterocycles. The number of benzene rings is 1. The summed E-state index contributed by atoms with van der Waals surface area (Å²) >= 11 is 14.1. The van der Waals surface area contributed by atoms with Gasteiger partial charge in [0, 0.05) is 23.6 Å². The van der Waals surface area contributed by atoms with E-state index in [4.69, 9.17) is 28.3 Å². The van der Waals surface area contributed by atoms with Crippen LogP contribution in [0.25, 0.3) is 5.69 Å². The van der Waals surface area contributed by atoms with Crippen LogP contribution in [0.2, 0.25) is 10.0 Å². The highest BCUT2D eigenvalue weighted by molar-refractivity contribution is 7.98. The van der Waals surface area contributed by atoms with Crippen LogP contribution in [0.15, 0.2) is 18.2 Å². The fourth-order valence-corrected chi connectivity index (χ4v) is 3.36. The van der Waals surface area contributed by atoms with Gasteiger partial charge in [-0.05, 0) is 36.6 Å². The average molecular weight is 328 g/mol. The fraction of sp³-hybridized carbons (Fsp3) is 0.357. The third kappa shape index (κ3) is 2.52. The lowest BCUT2D eigenvalue weighted by Gasteiger charge is -2.08. The van der Waals surface area contributed by atoms with E-state index >= 15 is 0 Å². The first-order valence-corrected chi connectivity index (χ1v) is 8.64. The second-order valence-corrected chi connectivity index (χ2v) is 6.53. The Morgan fingerprint density at radius 3 is 3.00 bits per heavy atom. The Kier molecular flexibility index (Phi) is 4.15. The molecule has 0 spiro atoms. The summed E-state index contributed by atoms with van der Waals surface area (Å²) in [7, 11) is 0. The van der Waals surface area contributed by atoms with E-state index in [0.29, 0.717) is 10.0 Å². The van der Waals surface area contributed by atoms with E-state index in [0.717, 1.165) is 36.6 Å². The van der Waals surface area contributed by atoms with Gasteiger partial charge in [0.2, 0.25) is 0 Å². The van der Waals surface area contributed by atoms with E-state index in [1.165, 1.54) is 11.3 Å². The van der Waals surface area contributed by atoms with E-state index in [2.05, 4.69) is 11.6 Å². The molecule has 1 N–H and O–H groups in total. The van der Waals surface area contributed by atoms with E-state index in [1.807, 2.05) is 28.6 Å². The van der Waals surface area contributed by atoms with Crippen molar-refractivity contribution in [3.63, 3.8) is 0 Å². The minimum Gasteiger partial charge on any atom is -0.369 e. The van der Waals surface area contributed by atoms with Crippen molar-refractivity contribution in [2.45, 2.75) is 12.8 Å². The summed E-state index contributed by atoms with van der Waals surface area (Å²) in [5.41, 5.74) is 3.37. The van der Waals surface area contributed by atoms with Crippen LogP contribution in [0.1, 0.15) is 11.3 Å². The summed E-state index contributed by atoms with van der Waals surface area (Å²) in [6.07, 6.45) is 4.14. The van der Waals surface area contributed by atoms with Gasteiger partial charge in [0.25, 0.3) is 0 Å². The molecule has 0 unspecified atom stereocenters. The monoisotopic (exact) mass is 327 g/mol. The van der Waals surface area contributed by atoms with Gasteiger partial charge in [-0.2, -0.15) is 16.9 Å². The van der Waals surface area contributed by atoms with Crippen LogP contribution < -0.4 is 5.32 Å². The van der Waals surface area contributed by atoms with Crippen LogP contribution in [0.3, 0.4) is 0 Å². The molecule has 2 aromatic rings. The maximum absolute atomic E-state index is 6.30. The molecule has 0 saturated carbocycles. The van der Waals surface area contributed by atoms with Crippen molar-refractivity contribution in [3.05, 3.63) is 39.5 Å². The van der Waals surface area contributed by atoms with E-state index in [1.54, 1.807) is 6.07 Å². The van der Waals surface area contributed by atoms with Gasteiger partial charge >= 0.3 is 0 Å². The molecule has 106 valence electrons. The molecule has 0 amide bonds. The van der Waals surface area contributed by atoms with Crippen LogP contribution in [0, 0.1) is 0 Å². The van der Waals surface area contributed by atoms with Gasteiger partial charge in [-0.15, -0.1) is 0 Å². The Bertz CT molecular complexity index is 640. The number of hydrogen-bond acceptors (Lipinski definition) is 3. The quantitative estimate of drug-likeness (QED) is 0.918. The number of hydrogen-bond donors (Lipinski definition) is 1. The predicted octanol–water partition coefficient (Wildman–Crippen LogP) is 4.05. The molecular formula is C14H15Cl2N3S. The van der Waals surface area contributed by atoms with Gasteiger partial charge in [0.1, 0.15) is 5.82 Å². The number of halogens is 2. The van der Waals surface area contributed by atoms with Gasteiger partial charge < -0.3 is 5.32 Å². The first-order chi connectivity index (χ1) is 9.70. The standard InChI is InChI=1S/C14H15Cl2N3S/c1-20-7-5-12-10-4-6-17-14(10)19(18-12)13-3-2-9(15)8-11(13)16/h2-3,8,17H,4-7H2,1H3. The number of fused-ring (bicyclic) bond motifs is 1. The van der Waals surface area contributed by atoms with E-state index in [9.17, 15) is 0 Å². The number of thioether (sulfide) groups is 1. The summed E-state index contributed by atoms with van der Waals surface area (Å²) < 4.78 is 1.91. The van der Waals surface area contributed by atoms with Gasteiger partial charge in [-0.3, -0.25) is 0 Å². The molecule has 20 heavy (non-hydrogen) atoms. The molecule has 0 bridgehead atoms. The first kappa shape index (κ1) is 14.1. The second kappa shape index (κ2) is 5.88. The van der Waals surface area contributed by atoms with Crippen molar-refractivity contribution < 1.29 is 0 Å². The topological polar surface area (TPSA) is 29.9 Å². The molecule has 0 saturated heterocycles. The minimum atomic E-state index is 0.618. The van der Waals surface area contributed by atoms with Crippen molar-refractivity contribution in [3.8, 4) is 5.69 Å². The maximum Gasteiger partial charge on any atom is 0.133 e. The number of rotatable bonds is 4. The predicted molar refractivity (Wildman–Crippen MR) is 87.9 cm³/mol. The van der Waals surface area contributed by atoms with Gasteiger partial charge in [-0.25, -0.2) is 4.68 Å². The lowest BCUT2D eigenvalue weighted by atomic mass is 10.2. The zero-order valence-corrected chi connectivity index (χ0v) is 13.4. The van der Waals surface area contributed by atoms with Crippen LogP contribution in [-0.4, -0.2) is 28.3 Å². The lowest BCUT2D eigenvalue weighted by Crippen LogP contribution is -2.05. The highest BCUT2D eigenvalue weighted by Gasteiger charge is 2.23. The highest BCUT2D eigenvalue weighted by Crippen LogP contribution is 2.32. The van der Waals surface area contributed by atoms with Crippen molar-refractivity contribution in [2.24, 2.45) is 0 Å². The molecule has 1 aromatic carbocycles. The first-order valence-electron chi connectivity index (χ1n) is 6.49. The average Bonchev–Trinajstić information content (AvgIpc) is 2.99. The smallest absolute Gasteiger partial charge is 0.133 e. The Morgan fingerprint density at radius 1 is 1.40 bits per heavy atom. The molecule has 3 rings (SSSR count). The zero-order chi connectivity index (χ0) is 14.1. The normalized spacial score (nSPS) is 13.3. The van der Waals surface area contributed by atoms with Crippen LogP contribution in [0.5, 0.6) is 0 Å². The summed E-state index contributed by atoms with van der Waals surface area (Å²) in [5, 5.41) is 9.41. The van der Waals surface area contributed by atoms with Crippen LogP contribution in [-0.2, 0) is 12.8 Å². The minimum absolute atomic E-state index is 0.618. The Balaban J connectivity index is 2.05. The third-order valence-corrected chi connectivity index (χ3v) is 4.57. The molecule has 0 radical (unpaired) electrons. The second-order valence-electron chi connectivity index (χ2n) is 4.70. The Labute approximate surface area is 132 Å². The van der Waals surface area contributed by atoms with E-state index in [-0.39, 0.29) is 0 Å². The van der Waals surface area contributed by atoms with Gasteiger partial charge in [-0.1, -0.05) is 23.2 Å². The largest absolute Gasteiger partial charge is 0.369 e. The van der Waals surface area contributed by atoms with Crippen molar-refractivity contribution in [1.82, 2.24) is 9.78 Å². The van der Waals surface area contributed by atoms with Gasteiger partial charge in [0.05, 0.1) is 16.4 Å². The number of nitrogens with one attached hydrogen (secondary N) is 1. The number of nitrogens with zero attached hydrogens (tertiary/aromatic N) is 2. The van der Waals surface area contributed by atoms with Crippen LogP contribution in [0.4, 0.5) is 5.82 Å². The summed E-state index contributed by atoms with van der Waals surface area (Å²) in [4.78, 5) is 0. The summed E-state index contributed by atoms with van der Waals surface area (Å²) in [6, 6.07) is 5.51. The molecular weight excluding hydrogens is 313 g/mol. The number of aromatic nitrogens is 2. The molecule has 3 nitrogen and oxygen atoms in total. The SMILES string of the molecule is CSCCc1nn(-c2ccc(Cl)cc2Cl)c2c1CCN2. The molecule has 0 fully saturated rings. The van der Waals surface area contributed by atoms with Crippen molar-refractivity contribution >= 4 is 40.8 Å². The van der Waals surface area contributed by atoms with Gasteiger partial charge in [0.15, 0.2) is 0 Å². The molecule has 6 heteroatoms. The Morgan fingerprint density at radius 2 is 2.25 bits per heavy atom. The summed E-state index contributed by atoms with van der Waals surface area (Å²) in [6.45, 7) is 0.963. The van der Waals surface area contributed by atoms with Crippen LogP contribution >= 0.6 is 35.0 Å². The zero-order valence-electron chi connectivity index (χ0n) is 11.1. The molecule has 2 heterocycles. The highest BCUT2D eigenvalue weighted by atomic mass is 35.5. The van der Waals surface area contributed by atoms with Crippen molar-refractivity contribution in [2.75, 3.05) is 23.9 Å². The Hall–Kier alpha value is -0.840. The molecule has 1 aliphatic rings. The maximum atomic E-state index is 6.30. The molecule has 0 atom stereocenters. The number of anilines is 1. The fourth-order valence-electron chi connectivity index (χ4n) is 2.47. The third-order valence-electron chi connectivity index (χ3n) is 3.42. The number of aryl methyl sites for hydroxylation is 1. The summed E-state index contributed by atoms with van der Waals surface area (Å²) in [5.74, 6) is 2.16. The molecule has 1 aromatic heterocycles. The van der Waals surface area contributed by atoms with Crippen molar-refractivity contribution in [1.29, 1.82) is 0 Å².